The molecular formula is C20H36N6S. The number of hydrogen-bond acceptors (Lipinski definition) is 5. The van der Waals surface area contributed by atoms with Crippen molar-refractivity contribution < 1.29 is 0 Å². The number of nitrogens with one attached hydrogen (secondary N) is 2. The Labute approximate surface area is 168 Å². The molecule has 152 valence electrons. The maximum absolute atomic E-state index is 4.45. The zero-order valence-electron chi connectivity index (χ0n) is 17.3. The third kappa shape index (κ3) is 5.65. The summed E-state index contributed by atoms with van der Waals surface area (Å²) in [5.74, 6) is 0.915. The molecule has 0 spiro atoms. The molecule has 6 nitrogen and oxygen atoms in total. The Bertz CT molecular complexity index is 599. The number of aliphatic imine (C=N–C) groups is 1. The number of piperidine rings is 2. The van der Waals surface area contributed by atoms with Crippen molar-refractivity contribution in [2.45, 2.75) is 51.0 Å². The van der Waals surface area contributed by atoms with Gasteiger partial charge in [0.2, 0.25) is 0 Å². The normalized spacial score (nSPS) is 22.0. The first-order valence-electron chi connectivity index (χ1n) is 10.4. The standard InChI is InChI=1S/C20H36N6S/c1-17-15-23-18(27-17)7-10-22-19(21-2)24-16-20(8-13-25(3)14-9-20)26-11-5-4-6-12-26/h15H,4-14,16H2,1-3H3,(H2,21,22,24). The van der Waals surface area contributed by atoms with Crippen molar-refractivity contribution in [3.8, 4) is 0 Å². The molecule has 0 bridgehead atoms. The maximum atomic E-state index is 4.45. The van der Waals surface area contributed by atoms with Crippen LogP contribution in [0.2, 0.25) is 0 Å². The lowest BCUT2D eigenvalue weighted by Gasteiger charge is -2.50. The summed E-state index contributed by atoms with van der Waals surface area (Å²) >= 11 is 1.78. The van der Waals surface area contributed by atoms with Crippen LogP contribution in [0.4, 0.5) is 0 Å². The molecule has 27 heavy (non-hydrogen) atoms. The fourth-order valence-electron chi connectivity index (χ4n) is 4.28. The smallest absolute Gasteiger partial charge is 0.191 e. The molecule has 0 aliphatic carbocycles. The predicted molar refractivity (Wildman–Crippen MR) is 115 cm³/mol. The van der Waals surface area contributed by atoms with Crippen molar-refractivity contribution in [1.29, 1.82) is 0 Å². The molecule has 0 unspecified atom stereocenters. The van der Waals surface area contributed by atoms with Gasteiger partial charge in [0.15, 0.2) is 5.96 Å². The first kappa shape index (κ1) is 20.6. The second-order valence-corrected chi connectivity index (χ2v) is 9.36. The van der Waals surface area contributed by atoms with Gasteiger partial charge in [0.05, 0.1) is 5.01 Å². The molecule has 3 rings (SSSR count). The lowest BCUT2D eigenvalue weighted by Crippen LogP contribution is -2.62. The van der Waals surface area contributed by atoms with Crippen LogP contribution < -0.4 is 10.6 Å². The minimum Gasteiger partial charge on any atom is -0.356 e. The Morgan fingerprint density at radius 2 is 1.93 bits per heavy atom. The molecule has 2 fully saturated rings. The fourth-order valence-corrected chi connectivity index (χ4v) is 5.07. The molecule has 1 aromatic heterocycles. The summed E-state index contributed by atoms with van der Waals surface area (Å²) in [5, 5.41) is 8.31. The van der Waals surface area contributed by atoms with Crippen LogP contribution in [-0.2, 0) is 6.42 Å². The molecule has 0 aromatic carbocycles. The van der Waals surface area contributed by atoms with Crippen LogP contribution in [0.15, 0.2) is 11.2 Å². The Kier molecular flexibility index (Phi) is 7.49. The lowest BCUT2D eigenvalue weighted by atomic mass is 9.84. The topological polar surface area (TPSA) is 55.8 Å². The Balaban J connectivity index is 1.53. The highest BCUT2D eigenvalue weighted by molar-refractivity contribution is 7.11. The van der Waals surface area contributed by atoms with E-state index in [0.717, 1.165) is 25.5 Å². The number of aryl methyl sites for hydroxylation is 1. The van der Waals surface area contributed by atoms with Crippen LogP contribution in [0.25, 0.3) is 0 Å². The molecule has 2 N–H and O–H groups in total. The van der Waals surface area contributed by atoms with Gasteiger partial charge in [-0.3, -0.25) is 9.89 Å². The van der Waals surface area contributed by atoms with E-state index in [0.29, 0.717) is 0 Å². The monoisotopic (exact) mass is 392 g/mol. The largest absolute Gasteiger partial charge is 0.356 e. The number of hydrogen-bond donors (Lipinski definition) is 2. The van der Waals surface area contributed by atoms with Gasteiger partial charge in [0.25, 0.3) is 0 Å². The van der Waals surface area contributed by atoms with Crippen LogP contribution in [0, 0.1) is 6.92 Å². The highest BCUT2D eigenvalue weighted by Gasteiger charge is 2.39. The summed E-state index contributed by atoms with van der Waals surface area (Å²) in [4.78, 5) is 15.4. The van der Waals surface area contributed by atoms with E-state index in [-0.39, 0.29) is 5.54 Å². The van der Waals surface area contributed by atoms with Gasteiger partial charge in [-0.25, -0.2) is 4.98 Å². The molecule has 0 saturated carbocycles. The molecule has 0 amide bonds. The number of nitrogens with zero attached hydrogens (tertiary/aromatic N) is 4. The van der Waals surface area contributed by atoms with Crippen LogP contribution in [0.3, 0.4) is 0 Å². The van der Waals surface area contributed by atoms with Gasteiger partial charge in [-0.2, -0.15) is 0 Å². The average Bonchev–Trinajstić information content (AvgIpc) is 3.12. The predicted octanol–water partition coefficient (Wildman–Crippen LogP) is 2.11. The molecular weight excluding hydrogens is 356 g/mol. The fraction of sp³-hybridized carbons (Fsp3) is 0.800. The number of aromatic nitrogens is 1. The third-order valence-corrected chi connectivity index (χ3v) is 7.03. The average molecular weight is 393 g/mol. The summed E-state index contributed by atoms with van der Waals surface area (Å²) < 4.78 is 0. The lowest BCUT2D eigenvalue weighted by molar-refractivity contribution is 0.0173. The highest BCUT2D eigenvalue weighted by atomic mass is 32.1. The number of likely N-dealkylation sites (tertiary alicyclic amines) is 2. The minimum absolute atomic E-state index is 0.275. The van der Waals surface area contributed by atoms with Gasteiger partial charge in [0.1, 0.15) is 0 Å². The Morgan fingerprint density at radius 3 is 2.56 bits per heavy atom. The van der Waals surface area contributed by atoms with E-state index in [2.05, 4.69) is 44.4 Å². The van der Waals surface area contributed by atoms with Crippen molar-refractivity contribution in [1.82, 2.24) is 25.4 Å². The second kappa shape index (κ2) is 9.85. The van der Waals surface area contributed by atoms with Gasteiger partial charge < -0.3 is 15.5 Å². The van der Waals surface area contributed by atoms with E-state index >= 15 is 0 Å². The first-order valence-corrected chi connectivity index (χ1v) is 11.2. The van der Waals surface area contributed by atoms with Gasteiger partial charge in [0, 0.05) is 43.2 Å². The minimum atomic E-state index is 0.275. The SMILES string of the molecule is CN=C(NCCc1ncc(C)s1)NCC1(N2CCCCC2)CCN(C)CC1. The van der Waals surface area contributed by atoms with E-state index in [9.17, 15) is 0 Å². The van der Waals surface area contributed by atoms with Gasteiger partial charge in [-0.05, 0) is 65.8 Å². The zero-order chi connectivity index (χ0) is 19.1. The number of rotatable bonds is 6. The molecule has 2 saturated heterocycles. The van der Waals surface area contributed by atoms with Crippen LogP contribution in [0.1, 0.15) is 42.0 Å². The molecule has 1 aromatic rings. The second-order valence-electron chi connectivity index (χ2n) is 8.04. The van der Waals surface area contributed by atoms with Crippen LogP contribution >= 0.6 is 11.3 Å². The van der Waals surface area contributed by atoms with E-state index in [1.54, 1.807) is 11.3 Å². The molecule has 2 aliphatic heterocycles. The maximum Gasteiger partial charge on any atom is 0.191 e. The molecule has 7 heteroatoms. The van der Waals surface area contributed by atoms with Gasteiger partial charge in [-0.1, -0.05) is 6.42 Å². The van der Waals surface area contributed by atoms with Crippen molar-refractivity contribution >= 4 is 17.3 Å². The highest BCUT2D eigenvalue weighted by Crippen LogP contribution is 2.30. The number of thiazole rings is 1. The third-order valence-electron chi connectivity index (χ3n) is 6.05. The van der Waals surface area contributed by atoms with E-state index < -0.39 is 0 Å². The summed E-state index contributed by atoms with van der Waals surface area (Å²) in [6, 6.07) is 0. The van der Waals surface area contributed by atoms with Crippen LogP contribution in [0.5, 0.6) is 0 Å². The molecule has 0 radical (unpaired) electrons. The molecule has 0 atom stereocenters. The number of guanidine groups is 1. The summed E-state index contributed by atoms with van der Waals surface area (Å²) in [6.07, 6.45) is 9.46. The van der Waals surface area contributed by atoms with Crippen molar-refractivity contribution in [3.05, 3.63) is 16.1 Å². The van der Waals surface area contributed by atoms with Crippen molar-refractivity contribution in [2.24, 2.45) is 4.99 Å². The van der Waals surface area contributed by atoms with E-state index in [4.69, 9.17) is 0 Å². The van der Waals surface area contributed by atoms with Crippen molar-refractivity contribution in [2.75, 3.05) is 53.4 Å². The summed E-state index contributed by atoms with van der Waals surface area (Å²) in [5.41, 5.74) is 0.275. The van der Waals surface area contributed by atoms with E-state index in [1.165, 1.54) is 68.2 Å². The molecule has 2 aliphatic rings. The first-order chi connectivity index (χ1) is 13.1. The Morgan fingerprint density at radius 1 is 1.19 bits per heavy atom. The molecule has 3 heterocycles. The summed E-state index contributed by atoms with van der Waals surface area (Å²) in [7, 11) is 4.11. The quantitative estimate of drug-likeness (QED) is 0.574. The van der Waals surface area contributed by atoms with E-state index in [1.807, 2.05) is 13.2 Å². The van der Waals surface area contributed by atoms with Gasteiger partial charge in [-0.15, -0.1) is 11.3 Å². The van der Waals surface area contributed by atoms with Crippen molar-refractivity contribution in [3.63, 3.8) is 0 Å². The van der Waals surface area contributed by atoms with Gasteiger partial charge >= 0.3 is 0 Å². The summed E-state index contributed by atoms with van der Waals surface area (Å²) in [6.45, 7) is 8.84. The zero-order valence-corrected chi connectivity index (χ0v) is 18.1. The Hall–Kier alpha value is -1.18. The van der Waals surface area contributed by atoms with Crippen LogP contribution in [-0.4, -0.2) is 79.6 Å².